The van der Waals surface area contributed by atoms with Crippen molar-refractivity contribution < 1.29 is 18.4 Å². The third kappa shape index (κ3) is 4.53. The van der Waals surface area contributed by atoms with E-state index in [1.165, 1.54) is 12.1 Å². The van der Waals surface area contributed by atoms with Crippen LogP contribution in [0.15, 0.2) is 34.3 Å². The van der Waals surface area contributed by atoms with Gasteiger partial charge < -0.3 is 15.7 Å². The normalized spacial score (nSPS) is 12.6. The number of nitrogens with zero attached hydrogens (tertiary/aromatic N) is 1. The molecule has 1 aromatic carbocycles. The van der Waals surface area contributed by atoms with Gasteiger partial charge in [0, 0.05) is 12.2 Å². The molecule has 0 bridgehead atoms. The summed E-state index contributed by atoms with van der Waals surface area (Å²) in [6.07, 6.45) is 0.846. The molecule has 0 aromatic heterocycles. The highest BCUT2D eigenvalue weighted by molar-refractivity contribution is 7.91. The van der Waals surface area contributed by atoms with E-state index in [-0.39, 0.29) is 23.1 Å². The van der Waals surface area contributed by atoms with Crippen LogP contribution in [0.1, 0.15) is 18.9 Å². The zero-order valence-electron chi connectivity index (χ0n) is 10.7. The minimum Gasteiger partial charge on any atom is -0.409 e. The van der Waals surface area contributed by atoms with Crippen molar-refractivity contribution in [2.75, 3.05) is 19.0 Å². The Hall–Kier alpha value is -1.60. The largest absolute Gasteiger partial charge is 0.409 e. The molecule has 0 atom stereocenters. The summed E-state index contributed by atoms with van der Waals surface area (Å²) in [7, 11) is -3.42. The van der Waals surface area contributed by atoms with E-state index in [2.05, 4.69) is 5.16 Å². The van der Waals surface area contributed by atoms with Crippen molar-refractivity contribution in [3.63, 3.8) is 0 Å². The maximum Gasteiger partial charge on any atom is 0.180 e. The van der Waals surface area contributed by atoms with Gasteiger partial charge in [0.05, 0.1) is 17.3 Å². The van der Waals surface area contributed by atoms with Crippen molar-refractivity contribution in [1.29, 1.82) is 0 Å². The number of amidine groups is 1. The molecule has 6 nitrogen and oxygen atoms in total. The molecule has 0 aliphatic heterocycles. The Bertz CT molecular complexity index is 540. The first-order chi connectivity index (χ1) is 9.01. The first-order valence-electron chi connectivity index (χ1n) is 5.89. The van der Waals surface area contributed by atoms with Crippen molar-refractivity contribution in [2.45, 2.75) is 18.2 Å². The van der Waals surface area contributed by atoms with E-state index in [1.54, 1.807) is 12.1 Å². The second-order valence-corrected chi connectivity index (χ2v) is 6.05. The molecule has 0 unspecified atom stereocenters. The van der Waals surface area contributed by atoms with E-state index in [1.807, 2.05) is 6.92 Å². The predicted molar refractivity (Wildman–Crippen MR) is 72.1 cm³/mol. The van der Waals surface area contributed by atoms with Crippen LogP contribution in [0.5, 0.6) is 0 Å². The highest BCUT2D eigenvalue weighted by Gasteiger charge is 2.15. The van der Waals surface area contributed by atoms with Gasteiger partial charge in [-0.2, -0.15) is 0 Å². The van der Waals surface area contributed by atoms with Crippen molar-refractivity contribution in [3.8, 4) is 0 Å². The smallest absolute Gasteiger partial charge is 0.180 e. The fourth-order valence-corrected chi connectivity index (χ4v) is 2.60. The maximum absolute atomic E-state index is 12.0. The molecule has 0 aliphatic rings. The fraction of sp³-hybridized carbons (Fsp3) is 0.417. The van der Waals surface area contributed by atoms with Gasteiger partial charge in [-0.15, -0.1) is 0 Å². The first-order valence-corrected chi connectivity index (χ1v) is 7.55. The Morgan fingerprint density at radius 3 is 2.79 bits per heavy atom. The highest BCUT2D eigenvalue weighted by Crippen LogP contribution is 2.13. The Morgan fingerprint density at radius 1 is 1.42 bits per heavy atom. The van der Waals surface area contributed by atoms with Gasteiger partial charge in [-0.05, 0) is 18.6 Å². The summed E-state index contributed by atoms with van der Waals surface area (Å²) < 4.78 is 29.2. The summed E-state index contributed by atoms with van der Waals surface area (Å²) in [4.78, 5) is 0.136. The monoisotopic (exact) mass is 286 g/mol. The summed E-state index contributed by atoms with van der Waals surface area (Å²) in [6, 6.07) is 5.97. The van der Waals surface area contributed by atoms with E-state index in [0.29, 0.717) is 12.2 Å². The maximum atomic E-state index is 12.0. The van der Waals surface area contributed by atoms with E-state index in [4.69, 9.17) is 15.7 Å². The van der Waals surface area contributed by atoms with Gasteiger partial charge in [0.25, 0.3) is 0 Å². The van der Waals surface area contributed by atoms with Gasteiger partial charge in [-0.25, -0.2) is 8.42 Å². The summed E-state index contributed by atoms with van der Waals surface area (Å²) in [5.41, 5.74) is 5.79. The molecular weight excluding hydrogens is 268 g/mol. The van der Waals surface area contributed by atoms with E-state index >= 15 is 0 Å². The number of hydrogen-bond donors (Lipinski definition) is 2. The standard InChI is InChI=1S/C12H18N2O4S/c1-2-6-18-7-8-19(16,17)11-5-3-4-10(9-11)12(13)14-15/h3-5,9,15H,2,6-8H2,1H3,(H2,13,14). The number of ether oxygens (including phenoxy) is 1. The number of hydrogen-bond acceptors (Lipinski definition) is 5. The average Bonchev–Trinajstić information content (AvgIpc) is 2.43. The Labute approximate surface area is 112 Å². The SMILES string of the molecule is CCCOCCS(=O)(=O)c1cccc(/C(N)=N/O)c1. The van der Waals surface area contributed by atoms with Crippen LogP contribution in [-0.2, 0) is 14.6 Å². The molecule has 7 heteroatoms. The topological polar surface area (TPSA) is 102 Å². The fourth-order valence-electron chi connectivity index (χ4n) is 1.44. The number of nitrogens with two attached hydrogens (primary N) is 1. The molecule has 0 amide bonds. The van der Waals surface area contributed by atoms with Gasteiger partial charge in [-0.3, -0.25) is 0 Å². The van der Waals surface area contributed by atoms with Gasteiger partial charge in [0.2, 0.25) is 0 Å². The van der Waals surface area contributed by atoms with Crippen LogP contribution < -0.4 is 5.73 Å². The quantitative estimate of drug-likeness (QED) is 0.256. The molecule has 0 radical (unpaired) electrons. The predicted octanol–water partition coefficient (Wildman–Crippen LogP) is 0.981. The number of rotatable bonds is 7. The van der Waals surface area contributed by atoms with E-state index in [0.717, 1.165) is 6.42 Å². The van der Waals surface area contributed by atoms with Gasteiger partial charge in [0.15, 0.2) is 15.7 Å². The van der Waals surface area contributed by atoms with Crippen LogP contribution in [-0.4, -0.2) is 38.4 Å². The molecule has 106 valence electrons. The minimum absolute atomic E-state index is 0.0906. The molecule has 19 heavy (non-hydrogen) atoms. The second-order valence-electron chi connectivity index (χ2n) is 3.94. The zero-order chi connectivity index (χ0) is 14.3. The Morgan fingerprint density at radius 2 is 2.16 bits per heavy atom. The lowest BCUT2D eigenvalue weighted by Crippen LogP contribution is -2.16. The lowest BCUT2D eigenvalue weighted by atomic mass is 10.2. The molecule has 1 rings (SSSR count). The van der Waals surface area contributed by atoms with Crippen molar-refractivity contribution >= 4 is 15.7 Å². The van der Waals surface area contributed by atoms with E-state index in [9.17, 15) is 8.42 Å². The molecule has 0 aliphatic carbocycles. The molecule has 0 saturated heterocycles. The molecule has 0 heterocycles. The zero-order valence-corrected chi connectivity index (χ0v) is 11.6. The Kier molecular flexibility index (Phi) is 5.78. The average molecular weight is 286 g/mol. The summed E-state index contributed by atoms with van der Waals surface area (Å²) in [5, 5.41) is 11.4. The Balaban J connectivity index is 2.84. The van der Waals surface area contributed by atoms with Crippen LogP contribution in [0.4, 0.5) is 0 Å². The van der Waals surface area contributed by atoms with Crippen LogP contribution in [0.25, 0.3) is 0 Å². The van der Waals surface area contributed by atoms with Crippen LogP contribution in [0, 0.1) is 0 Å². The molecule has 0 fully saturated rings. The highest BCUT2D eigenvalue weighted by atomic mass is 32.2. The molecular formula is C12H18N2O4S. The van der Waals surface area contributed by atoms with Crippen molar-refractivity contribution in [2.24, 2.45) is 10.9 Å². The number of sulfone groups is 1. The molecule has 1 aromatic rings. The van der Waals surface area contributed by atoms with Crippen molar-refractivity contribution in [1.82, 2.24) is 0 Å². The van der Waals surface area contributed by atoms with Crippen LogP contribution in [0.2, 0.25) is 0 Å². The third-order valence-electron chi connectivity index (χ3n) is 2.44. The number of benzene rings is 1. The third-order valence-corrected chi connectivity index (χ3v) is 4.12. The number of oxime groups is 1. The first kappa shape index (κ1) is 15.5. The lowest BCUT2D eigenvalue weighted by molar-refractivity contribution is 0.149. The van der Waals surface area contributed by atoms with Crippen LogP contribution in [0.3, 0.4) is 0 Å². The van der Waals surface area contributed by atoms with Crippen molar-refractivity contribution in [3.05, 3.63) is 29.8 Å². The molecule has 0 spiro atoms. The lowest BCUT2D eigenvalue weighted by Gasteiger charge is -2.06. The molecule has 0 saturated carbocycles. The molecule has 3 N–H and O–H groups in total. The van der Waals surface area contributed by atoms with Crippen LogP contribution >= 0.6 is 0 Å². The van der Waals surface area contributed by atoms with Gasteiger partial charge >= 0.3 is 0 Å². The minimum atomic E-state index is -3.42. The van der Waals surface area contributed by atoms with E-state index < -0.39 is 9.84 Å². The van der Waals surface area contributed by atoms with Gasteiger partial charge in [-0.1, -0.05) is 24.2 Å². The second kappa shape index (κ2) is 7.10. The summed E-state index contributed by atoms with van der Waals surface area (Å²) >= 11 is 0. The summed E-state index contributed by atoms with van der Waals surface area (Å²) in [6.45, 7) is 2.65. The van der Waals surface area contributed by atoms with Gasteiger partial charge in [0.1, 0.15) is 0 Å². The summed E-state index contributed by atoms with van der Waals surface area (Å²) in [5.74, 6) is -0.216.